The van der Waals surface area contributed by atoms with Gasteiger partial charge in [-0.3, -0.25) is 4.79 Å². The molecule has 1 aliphatic rings. The van der Waals surface area contributed by atoms with Crippen LogP contribution in [0, 0.1) is 5.41 Å². The Morgan fingerprint density at radius 2 is 2.00 bits per heavy atom. The Hall–Kier alpha value is -0.610. The third-order valence-electron chi connectivity index (χ3n) is 3.93. The van der Waals surface area contributed by atoms with E-state index >= 15 is 0 Å². The summed E-state index contributed by atoms with van der Waals surface area (Å²) in [5.41, 5.74) is 5.60. The summed E-state index contributed by atoms with van der Waals surface area (Å²) < 4.78 is 5.40. The van der Waals surface area contributed by atoms with Gasteiger partial charge in [-0.2, -0.15) is 0 Å². The minimum atomic E-state index is -0.352. The zero-order chi connectivity index (χ0) is 13.6. The molecule has 18 heavy (non-hydrogen) atoms. The van der Waals surface area contributed by atoms with Crippen molar-refractivity contribution in [2.45, 2.75) is 52.5 Å². The van der Waals surface area contributed by atoms with Crippen molar-refractivity contribution in [3.05, 3.63) is 0 Å². The van der Waals surface area contributed by atoms with E-state index < -0.39 is 0 Å². The number of carbonyl (C=O) groups is 1. The van der Waals surface area contributed by atoms with Crippen LogP contribution < -0.4 is 5.73 Å². The molecule has 1 amide bonds. The first-order valence-corrected chi connectivity index (χ1v) is 7.20. The smallest absolute Gasteiger partial charge is 0.230 e. The van der Waals surface area contributed by atoms with Crippen LogP contribution in [0.2, 0.25) is 0 Å². The van der Waals surface area contributed by atoms with Crippen molar-refractivity contribution in [2.24, 2.45) is 11.1 Å². The topological polar surface area (TPSA) is 55.6 Å². The van der Waals surface area contributed by atoms with E-state index in [-0.39, 0.29) is 17.4 Å². The number of carbonyl (C=O) groups excluding carboxylic acids is 1. The van der Waals surface area contributed by atoms with Gasteiger partial charge in [-0.25, -0.2) is 0 Å². The average molecular weight is 256 g/mol. The van der Waals surface area contributed by atoms with Crippen LogP contribution >= 0.6 is 0 Å². The Labute approximate surface area is 111 Å². The summed E-state index contributed by atoms with van der Waals surface area (Å²) in [5, 5.41) is 0. The number of ether oxygens (including phenoxy) is 1. The molecule has 106 valence electrons. The molecule has 4 nitrogen and oxygen atoms in total. The molecule has 1 atom stereocenters. The molecule has 1 saturated heterocycles. The van der Waals surface area contributed by atoms with Gasteiger partial charge in [0.1, 0.15) is 0 Å². The molecule has 0 aliphatic carbocycles. The molecule has 1 rings (SSSR count). The summed E-state index contributed by atoms with van der Waals surface area (Å²) in [4.78, 5) is 14.8. The van der Waals surface area contributed by atoms with E-state index in [1.165, 1.54) is 0 Å². The third-order valence-corrected chi connectivity index (χ3v) is 3.93. The molecule has 2 N–H and O–H groups in total. The van der Waals surface area contributed by atoms with Gasteiger partial charge in [0, 0.05) is 13.1 Å². The number of hydrogen-bond acceptors (Lipinski definition) is 3. The van der Waals surface area contributed by atoms with Gasteiger partial charge < -0.3 is 15.4 Å². The maximum atomic E-state index is 12.8. The number of hydrogen-bond donors (Lipinski definition) is 1. The second-order valence-corrected chi connectivity index (χ2v) is 5.41. The van der Waals surface area contributed by atoms with E-state index in [2.05, 4.69) is 20.8 Å². The molecule has 0 saturated carbocycles. The first-order chi connectivity index (χ1) is 8.61. The van der Waals surface area contributed by atoms with E-state index in [1.807, 2.05) is 4.90 Å². The fourth-order valence-corrected chi connectivity index (χ4v) is 2.92. The molecule has 4 heteroatoms. The lowest BCUT2D eigenvalue weighted by molar-refractivity contribution is -0.150. The van der Waals surface area contributed by atoms with Crippen LogP contribution in [-0.4, -0.2) is 43.2 Å². The van der Waals surface area contributed by atoms with Gasteiger partial charge >= 0.3 is 0 Å². The standard InChI is InChI=1S/C14H28N2O2/c1-4-6-14(11-15,7-5-2)13(17)16-8-9-18-10-12(16)3/h12H,4-11,15H2,1-3H3. The van der Waals surface area contributed by atoms with Crippen LogP contribution in [0.4, 0.5) is 0 Å². The molecule has 0 bridgehead atoms. The monoisotopic (exact) mass is 256 g/mol. The summed E-state index contributed by atoms with van der Waals surface area (Å²) in [6.07, 6.45) is 3.78. The molecule has 0 radical (unpaired) electrons. The Kier molecular flexibility index (Phi) is 6.09. The van der Waals surface area contributed by atoms with Crippen LogP contribution in [0.15, 0.2) is 0 Å². The minimum absolute atomic E-state index is 0.172. The molecular formula is C14H28N2O2. The lowest BCUT2D eigenvalue weighted by Crippen LogP contribution is -2.55. The summed E-state index contributed by atoms with van der Waals surface area (Å²) in [5.74, 6) is 0.240. The number of nitrogens with zero attached hydrogens (tertiary/aromatic N) is 1. The summed E-state index contributed by atoms with van der Waals surface area (Å²) in [6, 6.07) is 0.172. The molecule has 0 aromatic carbocycles. The van der Waals surface area contributed by atoms with Crippen LogP contribution in [0.5, 0.6) is 0 Å². The van der Waals surface area contributed by atoms with Crippen molar-refractivity contribution < 1.29 is 9.53 Å². The zero-order valence-corrected chi connectivity index (χ0v) is 12.1. The predicted octanol–water partition coefficient (Wildman–Crippen LogP) is 1.78. The van der Waals surface area contributed by atoms with E-state index in [4.69, 9.17) is 10.5 Å². The fourth-order valence-electron chi connectivity index (χ4n) is 2.92. The zero-order valence-electron chi connectivity index (χ0n) is 12.1. The molecule has 0 spiro atoms. The van der Waals surface area contributed by atoms with Gasteiger partial charge in [-0.1, -0.05) is 26.7 Å². The number of morpholine rings is 1. The Bertz CT molecular complexity index is 263. The normalized spacial score (nSPS) is 21.1. The fraction of sp³-hybridized carbons (Fsp3) is 0.929. The Morgan fingerprint density at radius 3 is 2.44 bits per heavy atom. The van der Waals surface area contributed by atoms with E-state index in [1.54, 1.807) is 0 Å². The SMILES string of the molecule is CCCC(CN)(CCC)C(=O)N1CCOCC1C. The second-order valence-electron chi connectivity index (χ2n) is 5.41. The summed E-state index contributed by atoms with van der Waals surface area (Å²) in [6.45, 7) is 8.74. The molecule has 1 unspecified atom stereocenters. The van der Waals surface area contributed by atoms with Crippen LogP contribution in [0.3, 0.4) is 0 Å². The average Bonchev–Trinajstić information content (AvgIpc) is 2.38. The Balaban J connectivity index is 2.85. The van der Waals surface area contributed by atoms with Crippen LogP contribution in [0.1, 0.15) is 46.5 Å². The van der Waals surface area contributed by atoms with E-state index in [9.17, 15) is 4.79 Å². The summed E-state index contributed by atoms with van der Waals surface area (Å²) in [7, 11) is 0. The minimum Gasteiger partial charge on any atom is -0.377 e. The number of rotatable bonds is 6. The first kappa shape index (κ1) is 15.4. The highest BCUT2D eigenvalue weighted by Gasteiger charge is 2.40. The van der Waals surface area contributed by atoms with Gasteiger partial charge in [0.25, 0.3) is 0 Å². The molecule has 1 fully saturated rings. The van der Waals surface area contributed by atoms with Crippen molar-refractivity contribution in [1.29, 1.82) is 0 Å². The van der Waals surface area contributed by atoms with Crippen molar-refractivity contribution in [3.63, 3.8) is 0 Å². The molecular weight excluding hydrogens is 228 g/mol. The van der Waals surface area contributed by atoms with Crippen molar-refractivity contribution in [2.75, 3.05) is 26.3 Å². The van der Waals surface area contributed by atoms with Gasteiger partial charge in [0.2, 0.25) is 5.91 Å². The van der Waals surface area contributed by atoms with Crippen LogP contribution in [0.25, 0.3) is 0 Å². The molecule has 1 heterocycles. The molecule has 0 aromatic heterocycles. The highest BCUT2D eigenvalue weighted by atomic mass is 16.5. The summed E-state index contributed by atoms with van der Waals surface area (Å²) >= 11 is 0. The highest BCUT2D eigenvalue weighted by Crippen LogP contribution is 2.32. The maximum absolute atomic E-state index is 12.8. The van der Waals surface area contributed by atoms with Crippen molar-refractivity contribution in [1.82, 2.24) is 4.90 Å². The predicted molar refractivity (Wildman–Crippen MR) is 73.3 cm³/mol. The van der Waals surface area contributed by atoms with Gasteiger partial charge in [-0.05, 0) is 19.8 Å². The van der Waals surface area contributed by atoms with Crippen LogP contribution in [-0.2, 0) is 9.53 Å². The lowest BCUT2D eigenvalue weighted by atomic mass is 9.77. The quantitative estimate of drug-likeness (QED) is 0.788. The Morgan fingerprint density at radius 1 is 1.39 bits per heavy atom. The lowest BCUT2D eigenvalue weighted by Gasteiger charge is -2.41. The highest BCUT2D eigenvalue weighted by molar-refractivity contribution is 5.83. The van der Waals surface area contributed by atoms with Gasteiger partial charge in [0.15, 0.2) is 0 Å². The van der Waals surface area contributed by atoms with Gasteiger partial charge in [0.05, 0.1) is 24.7 Å². The first-order valence-electron chi connectivity index (χ1n) is 7.20. The second kappa shape index (κ2) is 7.10. The number of nitrogens with two attached hydrogens (primary N) is 1. The third kappa shape index (κ3) is 3.23. The molecule has 1 aliphatic heterocycles. The van der Waals surface area contributed by atoms with E-state index in [0.29, 0.717) is 26.3 Å². The van der Waals surface area contributed by atoms with Crippen molar-refractivity contribution >= 4 is 5.91 Å². The van der Waals surface area contributed by atoms with E-state index in [0.717, 1.165) is 25.7 Å². The number of amides is 1. The van der Waals surface area contributed by atoms with Gasteiger partial charge in [-0.15, -0.1) is 0 Å². The largest absolute Gasteiger partial charge is 0.377 e. The maximum Gasteiger partial charge on any atom is 0.230 e. The van der Waals surface area contributed by atoms with Crippen molar-refractivity contribution in [3.8, 4) is 0 Å². The molecule has 0 aromatic rings.